The van der Waals surface area contributed by atoms with E-state index in [-0.39, 0.29) is 0 Å². The van der Waals surface area contributed by atoms with Crippen LogP contribution in [0.3, 0.4) is 0 Å². The first-order chi connectivity index (χ1) is 7.49. The van der Waals surface area contributed by atoms with Gasteiger partial charge in [0.2, 0.25) is 0 Å². The molecule has 1 unspecified atom stereocenters. The van der Waals surface area contributed by atoms with E-state index >= 15 is 0 Å². The first-order valence-electron chi connectivity index (χ1n) is 6.63. The van der Waals surface area contributed by atoms with Crippen LogP contribution in [-0.2, 0) is 0 Å². The second-order valence-corrected chi connectivity index (χ2v) is 6.30. The van der Waals surface area contributed by atoms with E-state index in [0.717, 1.165) is 38.0 Å². The lowest BCUT2D eigenvalue weighted by Crippen LogP contribution is -2.47. The number of hydrogen-bond donors (Lipinski definition) is 1. The molecule has 0 saturated heterocycles. The van der Waals surface area contributed by atoms with Crippen LogP contribution in [0.4, 0.5) is 0 Å². The maximum absolute atomic E-state index is 10.7. The molecule has 2 nitrogen and oxygen atoms in total. The summed E-state index contributed by atoms with van der Waals surface area (Å²) in [7, 11) is 0. The van der Waals surface area contributed by atoms with Gasteiger partial charge in [0.1, 0.15) is 0 Å². The quantitative estimate of drug-likeness (QED) is 0.795. The Morgan fingerprint density at radius 1 is 1.31 bits per heavy atom. The topological polar surface area (TPSA) is 44.0 Å². The molecule has 0 aromatic carbocycles. The van der Waals surface area contributed by atoms with Crippen LogP contribution in [-0.4, -0.2) is 10.7 Å². The molecule has 1 atom stereocenters. The van der Waals surface area contributed by atoms with Crippen molar-refractivity contribution >= 4 is 0 Å². The zero-order valence-corrected chi connectivity index (χ0v) is 10.5. The Hall–Kier alpha value is -0.550. The summed E-state index contributed by atoms with van der Waals surface area (Å²) in [5, 5.41) is 20.2. The molecule has 90 valence electrons. The van der Waals surface area contributed by atoms with Crippen molar-refractivity contribution < 1.29 is 5.11 Å². The van der Waals surface area contributed by atoms with Gasteiger partial charge in [0.25, 0.3) is 0 Å². The highest BCUT2D eigenvalue weighted by molar-refractivity contribution is 5.12. The van der Waals surface area contributed by atoms with E-state index in [2.05, 4.69) is 13.0 Å². The lowest BCUT2D eigenvalue weighted by atomic mass is 9.61. The lowest BCUT2D eigenvalue weighted by molar-refractivity contribution is -0.0722. The first-order valence-corrected chi connectivity index (χ1v) is 6.63. The second-order valence-electron chi connectivity index (χ2n) is 6.30. The van der Waals surface area contributed by atoms with Crippen LogP contribution in [0, 0.1) is 28.6 Å². The Labute approximate surface area is 98.7 Å². The van der Waals surface area contributed by atoms with E-state index in [0.29, 0.717) is 5.92 Å². The molecule has 2 rings (SSSR count). The fraction of sp³-hybridized carbons (Fsp3) is 0.929. The molecule has 0 aromatic heterocycles. The van der Waals surface area contributed by atoms with Crippen molar-refractivity contribution in [1.29, 1.82) is 5.26 Å². The molecular weight excluding hydrogens is 198 g/mol. The standard InChI is InChI=1S/C14H23NO/c1-11-5-7-14(10-15,8-6-11)13(2,16)9-12-3-4-12/h11-12,16H,3-9H2,1-2H3. The molecule has 0 heterocycles. The largest absolute Gasteiger partial charge is 0.389 e. The number of rotatable bonds is 3. The highest BCUT2D eigenvalue weighted by Gasteiger charge is 2.50. The molecule has 1 N–H and O–H groups in total. The summed E-state index contributed by atoms with van der Waals surface area (Å²) < 4.78 is 0. The Balaban J connectivity index is 2.10. The van der Waals surface area contributed by atoms with Gasteiger partial charge in [-0.2, -0.15) is 5.26 Å². The first kappa shape index (κ1) is 11.9. The molecule has 2 saturated carbocycles. The van der Waals surface area contributed by atoms with Crippen molar-refractivity contribution in [2.24, 2.45) is 17.3 Å². The third-order valence-electron chi connectivity index (χ3n) is 4.76. The van der Waals surface area contributed by atoms with E-state index in [1.54, 1.807) is 0 Å². The molecule has 0 aliphatic heterocycles. The van der Waals surface area contributed by atoms with E-state index < -0.39 is 11.0 Å². The van der Waals surface area contributed by atoms with Gasteiger partial charge in [-0.1, -0.05) is 19.8 Å². The van der Waals surface area contributed by atoms with Gasteiger partial charge in [0.05, 0.1) is 17.1 Å². The highest BCUT2D eigenvalue weighted by atomic mass is 16.3. The molecule has 2 fully saturated rings. The summed E-state index contributed by atoms with van der Waals surface area (Å²) in [6, 6.07) is 2.46. The Kier molecular flexibility index (Phi) is 3.01. The minimum absolute atomic E-state index is 0.470. The predicted octanol–water partition coefficient (Wildman–Crippen LogP) is 3.26. The van der Waals surface area contributed by atoms with Crippen molar-refractivity contribution in [2.45, 2.75) is 64.4 Å². The van der Waals surface area contributed by atoms with Gasteiger partial charge in [0.15, 0.2) is 0 Å². The van der Waals surface area contributed by atoms with Gasteiger partial charge in [-0.3, -0.25) is 0 Å². The van der Waals surface area contributed by atoms with E-state index in [4.69, 9.17) is 0 Å². The van der Waals surface area contributed by atoms with Crippen LogP contribution in [0.1, 0.15) is 58.8 Å². The van der Waals surface area contributed by atoms with E-state index in [9.17, 15) is 10.4 Å². The summed E-state index contributed by atoms with van der Waals surface area (Å²) in [4.78, 5) is 0. The van der Waals surface area contributed by atoms with Crippen molar-refractivity contribution in [3.05, 3.63) is 0 Å². The average Bonchev–Trinajstić information content (AvgIpc) is 3.02. The minimum atomic E-state index is -0.775. The van der Waals surface area contributed by atoms with Gasteiger partial charge < -0.3 is 5.11 Å². The summed E-state index contributed by atoms with van der Waals surface area (Å²) in [5.74, 6) is 1.40. The number of nitrogens with zero attached hydrogens (tertiary/aromatic N) is 1. The van der Waals surface area contributed by atoms with Crippen molar-refractivity contribution in [1.82, 2.24) is 0 Å². The van der Waals surface area contributed by atoms with E-state index in [1.165, 1.54) is 12.8 Å². The van der Waals surface area contributed by atoms with Gasteiger partial charge in [-0.25, -0.2) is 0 Å². The van der Waals surface area contributed by atoms with Crippen LogP contribution >= 0.6 is 0 Å². The van der Waals surface area contributed by atoms with Crippen LogP contribution in [0.25, 0.3) is 0 Å². The van der Waals surface area contributed by atoms with Crippen LogP contribution in [0.2, 0.25) is 0 Å². The average molecular weight is 221 g/mol. The summed E-state index contributed by atoms with van der Waals surface area (Å²) in [5.41, 5.74) is -1.24. The van der Waals surface area contributed by atoms with Gasteiger partial charge >= 0.3 is 0 Å². The minimum Gasteiger partial charge on any atom is -0.389 e. The molecule has 0 bridgehead atoms. The number of nitriles is 1. The highest BCUT2D eigenvalue weighted by Crippen LogP contribution is 2.51. The van der Waals surface area contributed by atoms with Crippen molar-refractivity contribution in [3.63, 3.8) is 0 Å². The zero-order valence-electron chi connectivity index (χ0n) is 10.5. The zero-order chi connectivity index (χ0) is 11.8. The smallest absolute Gasteiger partial charge is 0.0857 e. The predicted molar refractivity (Wildman–Crippen MR) is 63.6 cm³/mol. The molecule has 0 spiro atoms. The van der Waals surface area contributed by atoms with Crippen molar-refractivity contribution in [2.75, 3.05) is 0 Å². The van der Waals surface area contributed by atoms with Crippen LogP contribution in [0.5, 0.6) is 0 Å². The van der Waals surface area contributed by atoms with Crippen LogP contribution < -0.4 is 0 Å². The Morgan fingerprint density at radius 2 is 1.88 bits per heavy atom. The summed E-state index contributed by atoms with van der Waals surface area (Å²) in [6.07, 6.45) is 7.26. The number of aliphatic hydroxyl groups is 1. The second kappa shape index (κ2) is 4.04. The molecule has 2 aliphatic carbocycles. The molecule has 0 aromatic rings. The van der Waals surface area contributed by atoms with Crippen LogP contribution in [0.15, 0.2) is 0 Å². The fourth-order valence-electron chi connectivity index (χ4n) is 3.11. The molecule has 2 aliphatic rings. The SMILES string of the molecule is CC1CCC(C#N)(C(C)(O)CC2CC2)CC1. The third kappa shape index (κ3) is 2.11. The maximum Gasteiger partial charge on any atom is 0.0857 e. The maximum atomic E-state index is 10.7. The monoisotopic (exact) mass is 221 g/mol. The van der Waals surface area contributed by atoms with Gasteiger partial charge in [0, 0.05) is 0 Å². The molecule has 2 heteroatoms. The van der Waals surface area contributed by atoms with Gasteiger partial charge in [-0.15, -0.1) is 0 Å². The molecule has 0 amide bonds. The molecular formula is C14H23NO. The van der Waals surface area contributed by atoms with E-state index in [1.807, 2.05) is 6.92 Å². The third-order valence-corrected chi connectivity index (χ3v) is 4.76. The van der Waals surface area contributed by atoms with Gasteiger partial charge in [-0.05, 0) is 50.9 Å². The van der Waals surface area contributed by atoms with Crippen molar-refractivity contribution in [3.8, 4) is 6.07 Å². The number of hydrogen-bond acceptors (Lipinski definition) is 2. The normalized spacial score (nSPS) is 38.8. The Bertz CT molecular complexity index is 290. The summed E-state index contributed by atoms with van der Waals surface area (Å²) >= 11 is 0. The lowest BCUT2D eigenvalue weighted by Gasteiger charge is -2.44. The Morgan fingerprint density at radius 3 is 2.31 bits per heavy atom. The molecule has 0 radical (unpaired) electrons. The summed E-state index contributed by atoms with van der Waals surface area (Å²) in [6.45, 7) is 4.14. The molecule has 16 heavy (non-hydrogen) atoms. The fourth-order valence-corrected chi connectivity index (χ4v) is 3.11.